The molecule has 23 heavy (non-hydrogen) atoms. The lowest BCUT2D eigenvalue weighted by atomic mass is 10.2. The highest BCUT2D eigenvalue weighted by molar-refractivity contribution is 5.89. The zero-order chi connectivity index (χ0) is 16.8. The van der Waals surface area contributed by atoms with E-state index in [0.29, 0.717) is 24.2 Å². The van der Waals surface area contributed by atoms with Gasteiger partial charge in [0.25, 0.3) is 0 Å². The van der Waals surface area contributed by atoms with E-state index in [1.165, 1.54) is 0 Å². The topological polar surface area (TPSA) is 68.9 Å². The molecule has 0 bridgehead atoms. The largest absolute Gasteiger partial charge is 0.504 e. The van der Waals surface area contributed by atoms with Crippen molar-refractivity contribution in [2.75, 3.05) is 6.61 Å². The molecule has 1 aromatic carbocycles. The second kappa shape index (κ2) is 7.72. The minimum Gasteiger partial charge on any atom is -0.504 e. The maximum absolute atomic E-state index is 12.1. The summed E-state index contributed by atoms with van der Waals surface area (Å²) in [5.74, 6) is 0.0383. The summed E-state index contributed by atoms with van der Waals surface area (Å²) in [6.45, 7) is 6.08. The van der Waals surface area contributed by atoms with Crippen LogP contribution in [0, 0.1) is 0 Å². The van der Waals surface area contributed by atoms with Gasteiger partial charge in [0.2, 0.25) is 5.75 Å². The van der Waals surface area contributed by atoms with Crippen molar-refractivity contribution in [2.24, 2.45) is 0 Å². The number of ether oxygens (including phenoxy) is 2. The van der Waals surface area contributed by atoms with E-state index < -0.39 is 5.63 Å². The molecule has 0 amide bonds. The Labute approximate surface area is 135 Å². The number of para-hydroxylation sites is 1. The van der Waals surface area contributed by atoms with Crippen LogP contribution in [0.5, 0.6) is 17.2 Å². The summed E-state index contributed by atoms with van der Waals surface area (Å²) in [4.78, 5) is 12.1. The molecule has 0 atom stereocenters. The molecule has 0 unspecified atom stereocenters. The van der Waals surface area contributed by atoms with Crippen LogP contribution < -0.4 is 15.1 Å². The Hall–Kier alpha value is -2.43. The van der Waals surface area contributed by atoms with Crippen molar-refractivity contribution in [2.45, 2.75) is 39.7 Å². The Morgan fingerprint density at radius 1 is 1.30 bits per heavy atom. The van der Waals surface area contributed by atoms with Crippen LogP contribution in [0.15, 0.2) is 39.6 Å². The molecule has 0 aliphatic heterocycles. The Morgan fingerprint density at radius 3 is 2.78 bits per heavy atom. The third-order valence-electron chi connectivity index (χ3n) is 3.13. The van der Waals surface area contributed by atoms with Gasteiger partial charge in [0, 0.05) is 0 Å². The van der Waals surface area contributed by atoms with Crippen LogP contribution in [0.4, 0.5) is 0 Å². The van der Waals surface area contributed by atoms with Gasteiger partial charge in [-0.3, -0.25) is 0 Å². The zero-order valence-electron chi connectivity index (χ0n) is 13.7. The SMILES string of the molecule is CCC=CCCOc1c(O)c2cccc(OC(C)C)c2oc1=O. The first kappa shape index (κ1) is 16.9. The molecule has 1 N–H and O–H groups in total. The van der Waals surface area contributed by atoms with E-state index in [2.05, 4.69) is 0 Å². The van der Waals surface area contributed by atoms with Gasteiger partial charge in [-0.1, -0.05) is 25.1 Å². The number of rotatable bonds is 7. The molecule has 5 nitrogen and oxygen atoms in total. The monoisotopic (exact) mass is 318 g/mol. The summed E-state index contributed by atoms with van der Waals surface area (Å²) in [6, 6.07) is 5.08. The number of allylic oxidation sites excluding steroid dienone is 1. The average Bonchev–Trinajstić information content (AvgIpc) is 2.50. The highest BCUT2D eigenvalue weighted by Crippen LogP contribution is 2.36. The molecule has 0 saturated heterocycles. The molecule has 0 aliphatic rings. The van der Waals surface area contributed by atoms with Crippen molar-refractivity contribution in [3.05, 3.63) is 40.8 Å². The van der Waals surface area contributed by atoms with Gasteiger partial charge >= 0.3 is 5.63 Å². The second-order valence-electron chi connectivity index (χ2n) is 5.38. The van der Waals surface area contributed by atoms with Crippen molar-refractivity contribution >= 4 is 11.0 Å². The zero-order valence-corrected chi connectivity index (χ0v) is 13.7. The van der Waals surface area contributed by atoms with Crippen molar-refractivity contribution in [3.63, 3.8) is 0 Å². The maximum Gasteiger partial charge on any atom is 0.383 e. The van der Waals surface area contributed by atoms with E-state index >= 15 is 0 Å². The van der Waals surface area contributed by atoms with Crippen LogP contribution in [0.1, 0.15) is 33.6 Å². The fourth-order valence-corrected chi connectivity index (χ4v) is 2.15. The van der Waals surface area contributed by atoms with Gasteiger partial charge in [-0.2, -0.15) is 0 Å². The molecular formula is C18H22O5. The normalized spacial score (nSPS) is 11.5. The van der Waals surface area contributed by atoms with E-state index in [1.807, 2.05) is 32.9 Å². The van der Waals surface area contributed by atoms with E-state index in [4.69, 9.17) is 13.9 Å². The lowest BCUT2D eigenvalue weighted by molar-refractivity contribution is 0.240. The molecule has 0 fully saturated rings. The summed E-state index contributed by atoms with van der Waals surface area (Å²) in [6.07, 6.45) is 5.51. The highest BCUT2D eigenvalue weighted by Gasteiger charge is 2.18. The third-order valence-corrected chi connectivity index (χ3v) is 3.13. The molecule has 1 aromatic heterocycles. The Bertz CT molecular complexity index is 743. The summed E-state index contributed by atoms with van der Waals surface area (Å²) in [5, 5.41) is 10.7. The Morgan fingerprint density at radius 2 is 2.09 bits per heavy atom. The van der Waals surface area contributed by atoms with Crippen molar-refractivity contribution < 1.29 is 19.0 Å². The Balaban J connectivity index is 2.34. The minimum atomic E-state index is -0.714. The van der Waals surface area contributed by atoms with Gasteiger partial charge in [0.1, 0.15) is 0 Å². The van der Waals surface area contributed by atoms with E-state index in [-0.39, 0.29) is 23.2 Å². The van der Waals surface area contributed by atoms with E-state index in [0.717, 1.165) is 6.42 Å². The van der Waals surface area contributed by atoms with Gasteiger partial charge in [0.15, 0.2) is 17.1 Å². The van der Waals surface area contributed by atoms with Gasteiger partial charge in [-0.05, 0) is 38.8 Å². The lowest BCUT2D eigenvalue weighted by Gasteiger charge is -2.13. The first-order valence-corrected chi connectivity index (χ1v) is 7.77. The smallest absolute Gasteiger partial charge is 0.383 e. The fourth-order valence-electron chi connectivity index (χ4n) is 2.15. The molecular weight excluding hydrogens is 296 g/mol. The standard InChI is InChI=1S/C18H22O5/c1-4-5-6-7-11-21-17-15(19)13-9-8-10-14(22-12(2)3)16(13)23-18(17)20/h5-6,8-10,12,19H,4,7,11H2,1-3H3. The number of benzene rings is 1. The predicted molar refractivity (Wildman–Crippen MR) is 89.5 cm³/mol. The van der Waals surface area contributed by atoms with Gasteiger partial charge < -0.3 is 19.0 Å². The van der Waals surface area contributed by atoms with Crippen molar-refractivity contribution in [1.82, 2.24) is 0 Å². The van der Waals surface area contributed by atoms with Crippen molar-refractivity contribution in [1.29, 1.82) is 0 Å². The number of hydrogen-bond acceptors (Lipinski definition) is 5. The predicted octanol–water partition coefficient (Wildman–Crippen LogP) is 4.02. The van der Waals surface area contributed by atoms with Gasteiger partial charge in [-0.25, -0.2) is 4.79 Å². The average molecular weight is 318 g/mol. The van der Waals surface area contributed by atoms with Crippen LogP contribution in [0.3, 0.4) is 0 Å². The summed E-state index contributed by atoms with van der Waals surface area (Å²) in [7, 11) is 0. The number of hydrogen-bond donors (Lipinski definition) is 1. The first-order chi connectivity index (χ1) is 11.0. The van der Waals surface area contributed by atoms with E-state index in [1.54, 1.807) is 18.2 Å². The quantitative estimate of drug-likeness (QED) is 0.474. The molecule has 0 spiro atoms. The van der Waals surface area contributed by atoms with Crippen LogP contribution >= 0.6 is 0 Å². The highest BCUT2D eigenvalue weighted by atomic mass is 16.5. The van der Waals surface area contributed by atoms with Crippen molar-refractivity contribution in [3.8, 4) is 17.2 Å². The van der Waals surface area contributed by atoms with Crippen LogP contribution in [0.25, 0.3) is 11.0 Å². The van der Waals surface area contributed by atoms with Gasteiger partial charge in [0.05, 0.1) is 18.1 Å². The second-order valence-corrected chi connectivity index (χ2v) is 5.38. The maximum atomic E-state index is 12.1. The summed E-state index contributed by atoms with van der Waals surface area (Å²) in [5.41, 5.74) is -0.490. The molecule has 0 saturated carbocycles. The van der Waals surface area contributed by atoms with Crippen LogP contribution in [-0.2, 0) is 0 Å². The first-order valence-electron chi connectivity index (χ1n) is 7.77. The van der Waals surface area contributed by atoms with Crippen LogP contribution in [-0.4, -0.2) is 17.8 Å². The molecule has 124 valence electrons. The minimum absolute atomic E-state index is 0.0747. The third kappa shape index (κ3) is 4.06. The number of aromatic hydroxyl groups is 1. The molecule has 2 aromatic rings. The molecule has 0 aliphatic carbocycles. The van der Waals surface area contributed by atoms with Gasteiger partial charge in [-0.15, -0.1) is 0 Å². The fraction of sp³-hybridized carbons (Fsp3) is 0.389. The molecule has 5 heteroatoms. The molecule has 2 rings (SSSR count). The number of fused-ring (bicyclic) bond motifs is 1. The van der Waals surface area contributed by atoms with E-state index in [9.17, 15) is 9.90 Å². The summed E-state index contributed by atoms with van der Waals surface area (Å²) < 4.78 is 16.3. The Kier molecular flexibility index (Phi) is 5.68. The summed E-state index contributed by atoms with van der Waals surface area (Å²) >= 11 is 0. The molecule has 1 heterocycles. The molecule has 0 radical (unpaired) electrons. The van der Waals surface area contributed by atoms with Crippen LogP contribution in [0.2, 0.25) is 0 Å². The lowest BCUT2D eigenvalue weighted by Crippen LogP contribution is -2.10.